The van der Waals surface area contributed by atoms with Crippen molar-refractivity contribution in [3.63, 3.8) is 0 Å². The molecule has 0 heterocycles. The van der Waals surface area contributed by atoms with E-state index in [0.29, 0.717) is 24.1 Å². The number of nitriles is 1. The summed E-state index contributed by atoms with van der Waals surface area (Å²) in [6, 6.07) is 8.50. The number of carbonyl (C=O) groups excluding carboxylic acids is 1. The summed E-state index contributed by atoms with van der Waals surface area (Å²) in [5, 5.41) is 17.5. The largest absolute Gasteiger partial charge is 0.481 e. The molecule has 1 N–H and O–H groups in total. The summed E-state index contributed by atoms with van der Waals surface area (Å²) in [6.07, 6.45) is 0.450. The lowest BCUT2D eigenvalue weighted by molar-refractivity contribution is -0.137. The van der Waals surface area contributed by atoms with Crippen LogP contribution in [0.2, 0.25) is 0 Å². The van der Waals surface area contributed by atoms with E-state index in [1.54, 1.807) is 29.2 Å². The molecule has 0 unspecified atom stereocenters. The monoisotopic (exact) mass is 274 g/mol. The molecule has 0 saturated heterocycles. The Morgan fingerprint density at radius 3 is 2.65 bits per heavy atom. The molecule has 0 aliphatic carbocycles. The standard InChI is InChI=1S/C15H18N2O3/c1-11(2)17(8-4-7-14(18)19)15(20)13-6-3-5-12(9-13)10-16/h3,5-6,9,11H,4,7-8H2,1-2H3,(H,18,19). The molecule has 106 valence electrons. The van der Waals surface area contributed by atoms with Crippen LogP contribution in [-0.4, -0.2) is 34.5 Å². The van der Waals surface area contributed by atoms with Crippen LogP contribution in [0.15, 0.2) is 24.3 Å². The van der Waals surface area contributed by atoms with Gasteiger partial charge in [-0.2, -0.15) is 5.26 Å². The first-order valence-corrected chi connectivity index (χ1v) is 6.48. The molecule has 0 aliphatic heterocycles. The first kappa shape index (κ1) is 15.7. The minimum absolute atomic E-state index is 0.0259. The highest BCUT2D eigenvalue weighted by Crippen LogP contribution is 2.11. The van der Waals surface area contributed by atoms with Gasteiger partial charge in [0.05, 0.1) is 11.6 Å². The molecular formula is C15H18N2O3. The number of carboxylic acids is 1. The van der Waals surface area contributed by atoms with Crippen molar-refractivity contribution in [2.75, 3.05) is 6.54 Å². The Labute approximate surface area is 118 Å². The summed E-state index contributed by atoms with van der Waals surface area (Å²) < 4.78 is 0. The van der Waals surface area contributed by atoms with E-state index in [0.717, 1.165) is 0 Å². The molecule has 1 aromatic rings. The molecule has 1 amide bonds. The molecule has 0 bridgehead atoms. The van der Waals surface area contributed by atoms with Crippen molar-refractivity contribution in [2.45, 2.75) is 32.7 Å². The van der Waals surface area contributed by atoms with Crippen molar-refractivity contribution in [2.24, 2.45) is 0 Å². The normalized spacial score (nSPS) is 10.1. The van der Waals surface area contributed by atoms with Crippen molar-refractivity contribution in [3.8, 4) is 6.07 Å². The fourth-order valence-corrected chi connectivity index (χ4v) is 1.88. The van der Waals surface area contributed by atoms with Gasteiger partial charge < -0.3 is 10.0 Å². The molecule has 5 heteroatoms. The van der Waals surface area contributed by atoms with E-state index in [9.17, 15) is 9.59 Å². The third kappa shape index (κ3) is 4.39. The van der Waals surface area contributed by atoms with E-state index in [4.69, 9.17) is 10.4 Å². The Kier molecular flexibility index (Phi) is 5.73. The molecule has 1 aromatic carbocycles. The van der Waals surface area contributed by atoms with Crippen molar-refractivity contribution < 1.29 is 14.7 Å². The molecule has 0 spiro atoms. The lowest BCUT2D eigenvalue weighted by Crippen LogP contribution is -2.37. The van der Waals surface area contributed by atoms with Gasteiger partial charge in [-0.25, -0.2) is 0 Å². The van der Waals surface area contributed by atoms with Crippen LogP contribution in [0.5, 0.6) is 0 Å². The van der Waals surface area contributed by atoms with Gasteiger partial charge in [-0.3, -0.25) is 9.59 Å². The van der Waals surface area contributed by atoms with Gasteiger partial charge in [0.1, 0.15) is 0 Å². The van der Waals surface area contributed by atoms with Gasteiger partial charge in [0.2, 0.25) is 0 Å². The number of nitrogens with zero attached hydrogens (tertiary/aromatic N) is 2. The number of aliphatic carboxylic acids is 1. The van der Waals surface area contributed by atoms with Crippen LogP contribution in [-0.2, 0) is 4.79 Å². The lowest BCUT2D eigenvalue weighted by atomic mass is 10.1. The number of amides is 1. The summed E-state index contributed by atoms with van der Waals surface area (Å²) in [5.74, 6) is -1.05. The predicted octanol–water partition coefficient (Wildman–Crippen LogP) is 2.27. The second-order valence-electron chi connectivity index (χ2n) is 4.78. The van der Waals surface area contributed by atoms with Gasteiger partial charge >= 0.3 is 5.97 Å². The second-order valence-corrected chi connectivity index (χ2v) is 4.78. The zero-order valence-corrected chi connectivity index (χ0v) is 11.7. The topological polar surface area (TPSA) is 81.4 Å². The molecule has 0 saturated carbocycles. The Balaban J connectivity index is 2.83. The molecule has 20 heavy (non-hydrogen) atoms. The van der Waals surface area contributed by atoms with Gasteiger partial charge in [-0.05, 0) is 38.5 Å². The lowest BCUT2D eigenvalue weighted by Gasteiger charge is -2.26. The SMILES string of the molecule is CC(C)N(CCCC(=O)O)C(=O)c1cccc(C#N)c1. The zero-order chi connectivity index (χ0) is 15.1. The number of hydrogen-bond donors (Lipinski definition) is 1. The van der Waals surface area contributed by atoms with E-state index in [1.807, 2.05) is 19.9 Å². The maximum absolute atomic E-state index is 12.4. The average Bonchev–Trinajstić information content (AvgIpc) is 2.42. The number of carbonyl (C=O) groups is 2. The highest BCUT2D eigenvalue weighted by molar-refractivity contribution is 5.94. The van der Waals surface area contributed by atoms with Crippen LogP contribution < -0.4 is 0 Å². The van der Waals surface area contributed by atoms with Crippen molar-refractivity contribution in [1.82, 2.24) is 4.90 Å². The summed E-state index contributed by atoms with van der Waals surface area (Å²) in [6.45, 7) is 4.15. The quantitative estimate of drug-likeness (QED) is 0.862. The Hall–Kier alpha value is -2.35. The van der Waals surface area contributed by atoms with Crippen molar-refractivity contribution in [1.29, 1.82) is 5.26 Å². The minimum Gasteiger partial charge on any atom is -0.481 e. The highest BCUT2D eigenvalue weighted by atomic mass is 16.4. The van der Waals surface area contributed by atoms with Crippen LogP contribution in [0, 0.1) is 11.3 Å². The summed E-state index contributed by atoms with van der Waals surface area (Å²) in [7, 11) is 0. The van der Waals surface area contributed by atoms with E-state index in [-0.39, 0.29) is 18.4 Å². The molecule has 0 aliphatic rings. The Morgan fingerprint density at radius 2 is 2.10 bits per heavy atom. The van der Waals surface area contributed by atoms with Crippen molar-refractivity contribution in [3.05, 3.63) is 35.4 Å². The third-order valence-corrected chi connectivity index (χ3v) is 2.91. The maximum Gasteiger partial charge on any atom is 0.303 e. The average molecular weight is 274 g/mol. The number of rotatable bonds is 6. The van der Waals surface area contributed by atoms with E-state index in [1.165, 1.54) is 0 Å². The molecule has 0 atom stereocenters. The first-order valence-electron chi connectivity index (χ1n) is 6.48. The first-order chi connectivity index (χ1) is 9.45. The molecule has 0 aromatic heterocycles. The summed E-state index contributed by atoms with van der Waals surface area (Å²) in [4.78, 5) is 24.6. The van der Waals surface area contributed by atoms with Gasteiger partial charge in [0.25, 0.3) is 5.91 Å². The Bertz CT molecular complexity index is 532. The van der Waals surface area contributed by atoms with Crippen LogP contribution in [0.25, 0.3) is 0 Å². The van der Waals surface area contributed by atoms with E-state index < -0.39 is 5.97 Å². The van der Waals surface area contributed by atoms with Crippen LogP contribution in [0.1, 0.15) is 42.6 Å². The third-order valence-electron chi connectivity index (χ3n) is 2.91. The van der Waals surface area contributed by atoms with Crippen LogP contribution in [0.4, 0.5) is 0 Å². The van der Waals surface area contributed by atoms with Gasteiger partial charge in [-0.15, -0.1) is 0 Å². The van der Waals surface area contributed by atoms with Gasteiger partial charge in [-0.1, -0.05) is 6.07 Å². The smallest absolute Gasteiger partial charge is 0.303 e. The Morgan fingerprint density at radius 1 is 1.40 bits per heavy atom. The maximum atomic E-state index is 12.4. The summed E-state index contributed by atoms with van der Waals surface area (Å²) >= 11 is 0. The van der Waals surface area contributed by atoms with E-state index in [2.05, 4.69) is 0 Å². The molecule has 5 nitrogen and oxygen atoms in total. The van der Waals surface area contributed by atoms with Gasteiger partial charge in [0, 0.05) is 24.6 Å². The van der Waals surface area contributed by atoms with Gasteiger partial charge in [0.15, 0.2) is 0 Å². The molecule has 0 radical (unpaired) electrons. The highest BCUT2D eigenvalue weighted by Gasteiger charge is 2.19. The summed E-state index contributed by atoms with van der Waals surface area (Å²) in [5.41, 5.74) is 0.887. The van der Waals surface area contributed by atoms with Crippen LogP contribution in [0.3, 0.4) is 0 Å². The number of hydrogen-bond acceptors (Lipinski definition) is 3. The minimum atomic E-state index is -0.868. The molecular weight excluding hydrogens is 256 g/mol. The number of carboxylic acid groups (broad SMARTS) is 1. The molecule has 1 rings (SSSR count). The van der Waals surface area contributed by atoms with Crippen LogP contribution >= 0.6 is 0 Å². The molecule has 0 fully saturated rings. The van der Waals surface area contributed by atoms with Crippen molar-refractivity contribution >= 4 is 11.9 Å². The number of benzene rings is 1. The second kappa shape index (κ2) is 7.29. The fraction of sp³-hybridized carbons (Fsp3) is 0.400. The zero-order valence-electron chi connectivity index (χ0n) is 11.7. The fourth-order valence-electron chi connectivity index (χ4n) is 1.88. The predicted molar refractivity (Wildman–Crippen MR) is 74.2 cm³/mol. The van der Waals surface area contributed by atoms with E-state index >= 15 is 0 Å².